The van der Waals surface area contributed by atoms with E-state index in [1.165, 1.54) is 28.6 Å². The van der Waals surface area contributed by atoms with Crippen molar-refractivity contribution < 1.29 is 19.7 Å². The average Bonchev–Trinajstić information content (AvgIpc) is 3.27. The fraction of sp³-hybridized carbons (Fsp3) is 0.316. The fourth-order valence-corrected chi connectivity index (χ4v) is 3.86. The average molecular weight is 428 g/mol. The molecule has 2 aromatic heterocycles. The number of aromatic nitrogens is 5. The number of anilines is 1. The van der Waals surface area contributed by atoms with Crippen LogP contribution in [0.5, 0.6) is 0 Å². The molecule has 156 valence electrons. The minimum absolute atomic E-state index is 0.185. The second-order valence-electron chi connectivity index (χ2n) is 6.60. The molecule has 1 aromatic carbocycles. The molecular weight excluding hydrogens is 408 g/mol. The van der Waals surface area contributed by atoms with Gasteiger partial charge in [0.05, 0.1) is 30.6 Å². The van der Waals surface area contributed by atoms with E-state index in [-0.39, 0.29) is 5.56 Å². The standard InChI is InChI=1S/C19H20N6O4S/c26-16(14-3-6-17(20-11-14)24-7-9-29-10-8-24)12-30-19-21-22-23-25(19)15-4-1-13(2-5-15)18(27)28/h1-6,11,16,26H,7-10,12H2,(H,27,28). The third-order valence-corrected chi connectivity index (χ3v) is 5.66. The summed E-state index contributed by atoms with van der Waals surface area (Å²) in [7, 11) is 0. The summed E-state index contributed by atoms with van der Waals surface area (Å²) in [6.07, 6.45) is 0.949. The van der Waals surface area contributed by atoms with Crippen LogP contribution in [0, 0.1) is 0 Å². The molecule has 3 heterocycles. The number of carboxylic acid groups (broad SMARTS) is 1. The van der Waals surface area contributed by atoms with Crippen molar-refractivity contribution in [1.82, 2.24) is 25.2 Å². The van der Waals surface area contributed by atoms with Crippen LogP contribution in [0.15, 0.2) is 47.8 Å². The first kappa shape index (κ1) is 20.3. The molecule has 0 radical (unpaired) electrons. The summed E-state index contributed by atoms with van der Waals surface area (Å²) in [5.41, 5.74) is 1.53. The van der Waals surface area contributed by atoms with Crippen molar-refractivity contribution in [3.05, 3.63) is 53.7 Å². The molecule has 0 saturated carbocycles. The molecule has 1 aliphatic rings. The van der Waals surface area contributed by atoms with Crippen LogP contribution >= 0.6 is 11.8 Å². The number of morpholine rings is 1. The molecule has 1 unspecified atom stereocenters. The largest absolute Gasteiger partial charge is 0.478 e. The lowest BCUT2D eigenvalue weighted by Gasteiger charge is -2.27. The third-order valence-electron chi connectivity index (χ3n) is 4.66. The van der Waals surface area contributed by atoms with Gasteiger partial charge in [0, 0.05) is 25.0 Å². The molecule has 0 bridgehead atoms. The van der Waals surface area contributed by atoms with Gasteiger partial charge < -0.3 is 19.8 Å². The molecule has 11 heteroatoms. The van der Waals surface area contributed by atoms with Gasteiger partial charge in [0.2, 0.25) is 5.16 Å². The number of aliphatic hydroxyl groups is 1. The van der Waals surface area contributed by atoms with E-state index in [9.17, 15) is 9.90 Å². The van der Waals surface area contributed by atoms with Gasteiger partial charge in [-0.1, -0.05) is 17.8 Å². The number of nitrogens with zero attached hydrogens (tertiary/aromatic N) is 6. The van der Waals surface area contributed by atoms with Gasteiger partial charge in [-0.2, -0.15) is 4.68 Å². The predicted octanol–water partition coefficient (Wildman–Crippen LogP) is 1.42. The van der Waals surface area contributed by atoms with Crippen LogP contribution in [0.4, 0.5) is 5.82 Å². The number of rotatable bonds is 7. The van der Waals surface area contributed by atoms with Crippen LogP contribution in [-0.2, 0) is 4.74 Å². The van der Waals surface area contributed by atoms with E-state index in [0.29, 0.717) is 35.4 Å². The highest BCUT2D eigenvalue weighted by molar-refractivity contribution is 7.99. The maximum absolute atomic E-state index is 11.0. The third kappa shape index (κ3) is 4.58. The number of aromatic carboxylic acids is 1. The number of hydrogen-bond acceptors (Lipinski definition) is 9. The summed E-state index contributed by atoms with van der Waals surface area (Å²) < 4.78 is 6.85. The van der Waals surface area contributed by atoms with E-state index < -0.39 is 12.1 Å². The molecule has 3 aromatic rings. The Kier molecular flexibility index (Phi) is 6.21. The molecule has 1 aliphatic heterocycles. The summed E-state index contributed by atoms with van der Waals surface area (Å²) in [6, 6.07) is 10.0. The number of pyridine rings is 1. The molecule has 0 amide bonds. The van der Waals surface area contributed by atoms with Crippen molar-refractivity contribution >= 4 is 23.5 Å². The molecular formula is C19H20N6O4S. The highest BCUT2D eigenvalue weighted by Crippen LogP contribution is 2.25. The minimum Gasteiger partial charge on any atom is -0.478 e. The Morgan fingerprint density at radius 1 is 1.17 bits per heavy atom. The summed E-state index contributed by atoms with van der Waals surface area (Å²) in [5.74, 6) is 0.214. The first-order valence-corrected chi connectivity index (χ1v) is 10.3. The Labute approximate surface area is 176 Å². The van der Waals surface area contributed by atoms with Gasteiger partial charge in [0.25, 0.3) is 0 Å². The molecule has 0 spiro atoms. The van der Waals surface area contributed by atoms with Crippen molar-refractivity contribution in [3.63, 3.8) is 0 Å². The van der Waals surface area contributed by atoms with E-state index in [2.05, 4.69) is 25.4 Å². The van der Waals surface area contributed by atoms with Crippen molar-refractivity contribution in [2.45, 2.75) is 11.3 Å². The molecule has 2 N–H and O–H groups in total. The number of aliphatic hydroxyl groups excluding tert-OH is 1. The maximum atomic E-state index is 11.0. The normalized spacial score (nSPS) is 15.2. The lowest BCUT2D eigenvalue weighted by atomic mass is 10.2. The van der Waals surface area contributed by atoms with Crippen LogP contribution in [-0.4, -0.2) is 73.4 Å². The Bertz CT molecular complexity index is 989. The number of thioether (sulfide) groups is 1. The number of tetrazole rings is 1. The van der Waals surface area contributed by atoms with Gasteiger partial charge in [-0.25, -0.2) is 9.78 Å². The van der Waals surface area contributed by atoms with Gasteiger partial charge in [0.15, 0.2) is 0 Å². The first-order chi connectivity index (χ1) is 14.6. The second-order valence-corrected chi connectivity index (χ2v) is 7.59. The maximum Gasteiger partial charge on any atom is 0.335 e. The topological polar surface area (TPSA) is 126 Å². The quantitative estimate of drug-likeness (QED) is 0.533. The second kappa shape index (κ2) is 9.20. The Balaban J connectivity index is 1.39. The van der Waals surface area contributed by atoms with Crippen molar-refractivity contribution in [2.75, 3.05) is 37.0 Å². The number of carboxylic acids is 1. The molecule has 0 aliphatic carbocycles. The summed E-state index contributed by atoms with van der Waals surface area (Å²) in [5, 5.41) is 31.7. The van der Waals surface area contributed by atoms with Crippen molar-refractivity contribution in [1.29, 1.82) is 0 Å². The fourth-order valence-electron chi connectivity index (χ4n) is 3.00. The minimum atomic E-state index is -0.996. The Morgan fingerprint density at radius 3 is 2.60 bits per heavy atom. The zero-order valence-corrected chi connectivity index (χ0v) is 16.8. The van der Waals surface area contributed by atoms with E-state index in [0.717, 1.165) is 18.9 Å². The van der Waals surface area contributed by atoms with E-state index in [4.69, 9.17) is 9.84 Å². The molecule has 4 rings (SSSR count). The predicted molar refractivity (Wildman–Crippen MR) is 109 cm³/mol. The summed E-state index contributed by atoms with van der Waals surface area (Å²) in [6.45, 7) is 2.99. The zero-order chi connectivity index (χ0) is 20.9. The van der Waals surface area contributed by atoms with Gasteiger partial charge >= 0.3 is 5.97 Å². The molecule has 10 nitrogen and oxygen atoms in total. The van der Waals surface area contributed by atoms with Gasteiger partial charge in [-0.3, -0.25) is 0 Å². The smallest absolute Gasteiger partial charge is 0.335 e. The van der Waals surface area contributed by atoms with Crippen LogP contribution in [0.2, 0.25) is 0 Å². The van der Waals surface area contributed by atoms with Crippen LogP contribution in [0.1, 0.15) is 22.0 Å². The molecule has 1 atom stereocenters. The highest BCUT2D eigenvalue weighted by atomic mass is 32.2. The number of hydrogen-bond donors (Lipinski definition) is 2. The van der Waals surface area contributed by atoms with Crippen LogP contribution in [0.3, 0.4) is 0 Å². The van der Waals surface area contributed by atoms with Crippen molar-refractivity contribution in [3.8, 4) is 5.69 Å². The molecule has 30 heavy (non-hydrogen) atoms. The van der Waals surface area contributed by atoms with Crippen molar-refractivity contribution in [2.24, 2.45) is 0 Å². The number of ether oxygens (including phenoxy) is 1. The number of carbonyl (C=O) groups is 1. The SMILES string of the molecule is O=C(O)c1ccc(-n2nnnc2SCC(O)c2ccc(N3CCOCC3)nc2)cc1. The Morgan fingerprint density at radius 2 is 1.93 bits per heavy atom. The summed E-state index contributed by atoms with van der Waals surface area (Å²) in [4.78, 5) is 17.6. The van der Waals surface area contributed by atoms with Gasteiger partial charge in [0.1, 0.15) is 5.82 Å². The monoisotopic (exact) mass is 428 g/mol. The number of benzene rings is 1. The highest BCUT2D eigenvalue weighted by Gasteiger charge is 2.16. The van der Waals surface area contributed by atoms with E-state index in [1.54, 1.807) is 18.3 Å². The summed E-state index contributed by atoms with van der Waals surface area (Å²) >= 11 is 1.30. The van der Waals surface area contributed by atoms with E-state index in [1.807, 2.05) is 12.1 Å². The Hall–Kier alpha value is -3.02. The van der Waals surface area contributed by atoms with E-state index >= 15 is 0 Å². The van der Waals surface area contributed by atoms with Gasteiger partial charge in [-0.15, -0.1) is 5.10 Å². The van der Waals surface area contributed by atoms with Crippen LogP contribution in [0.25, 0.3) is 5.69 Å². The lowest BCUT2D eigenvalue weighted by Crippen LogP contribution is -2.36. The lowest BCUT2D eigenvalue weighted by molar-refractivity contribution is 0.0697. The first-order valence-electron chi connectivity index (χ1n) is 9.33. The molecule has 1 saturated heterocycles. The molecule has 1 fully saturated rings. The zero-order valence-electron chi connectivity index (χ0n) is 16.0. The van der Waals surface area contributed by atoms with Gasteiger partial charge in [-0.05, 0) is 46.3 Å². The van der Waals surface area contributed by atoms with Crippen LogP contribution < -0.4 is 4.90 Å².